The van der Waals surface area contributed by atoms with Crippen LogP contribution in [0.3, 0.4) is 0 Å². The monoisotopic (exact) mass is 517 g/mol. The van der Waals surface area contributed by atoms with Gasteiger partial charge in [-0.25, -0.2) is 4.79 Å². The molecule has 1 unspecified atom stereocenters. The molecule has 1 aromatic heterocycles. The molecule has 0 fully saturated rings. The maximum atomic E-state index is 12.7. The molecule has 1 aliphatic heterocycles. The summed E-state index contributed by atoms with van der Waals surface area (Å²) < 4.78 is 57.7. The smallest absolute Gasteiger partial charge is 0.493 e. The van der Waals surface area contributed by atoms with Gasteiger partial charge in [0, 0.05) is 11.3 Å². The third-order valence-electron chi connectivity index (χ3n) is 5.33. The number of hydrogen-bond donors (Lipinski definition) is 1. The van der Waals surface area contributed by atoms with Gasteiger partial charge in [0.1, 0.15) is 11.8 Å². The van der Waals surface area contributed by atoms with E-state index in [4.69, 9.17) is 13.9 Å². The minimum absolute atomic E-state index is 0.0532. The summed E-state index contributed by atoms with van der Waals surface area (Å²) in [6, 6.07) is 13.7. The summed E-state index contributed by atoms with van der Waals surface area (Å²) in [7, 11) is 1.22. The first kappa shape index (κ1) is 25.6. The highest BCUT2D eigenvalue weighted by atomic mass is 19.4. The topological polar surface area (TPSA) is 103 Å². The minimum atomic E-state index is -4.88. The van der Waals surface area contributed by atoms with Gasteiger partial charge in [0.15, 0.2) is 17.3 Å². The van der Waals surface area contributed by atoms with Crippen LogP contribution < -0.4 is 14.8 Å². The number of alkyl halides is 3. The summed E-state index contributed by atoms with van der Waals surface area (Å²) in [6.45, 7) is 1.84. The molecule has 3 aromatic rings. The number of ether oxygens (including phenoxy) is 3. The largest absolute Gasteiger partial charge is 0.573 e. The predicted molar refractivity (Wildman–Crippen MR) is 125 cm³/mol. The number of amides is 2. The number of carbonyl (C=O) groups excluding carboxylic acids is 2. The number of anilines is 1. The van der Waals surface area contributed by atoms with Crippen LogP contribution in [0.1, 0.15) is 35.0 Å². The van der Waals surface area contributed by atoms with Crippen LogP contribution in [0.15, 0.2) is 70.4 Å². The highest BCUT2D eigenvalue weighted by molar-refractivity contribution is 6.06. The van der Waals surface area contributed by atoms with Gasteiger partial charge in [-0.3, -0.25) is 4.79 Å². The fourth-order valence-corrected chi connectivity index (χ4v) is 3.60. The molecule has 1 aliphatic rings. The number of rotatable bonds is 8. The van der Waals surface area contributed by atoms with E-state index in [0.29, 0.717) is 28.9 Å². The van der Waals surface area contributed by atoms with Crippen molar-refractivity contribution in [3.8, 4) is 11.5 Å². The van der Waals surface area contributed by atoms with Crippen molar-refractivity contribution in [1.82, 2.24) is 5.01 Å². The number of hydrazone groups is 1. The van der Waals surface area contributed by atoms with Crippen molar-refractivity contribution in [3.05, 3.63) is 77.7 Å². The fraction of sp³-hybridized carbons (Fsp3) is 0.240. The summed E-state index contributed by atoms with van der Waals surface area (Å²) >= 11 is 0. The Balaban J connectivity index is 1.53. The van der Waals surface area contributed by atoms with E-state index < -0.39 is 30.2 Å². The second kappa shape index (κ2) is 10.6. The van der Waals surface area contributed by atoms with E-state index in [9.17, 15) is 22.8 Å². The van der Waals surface area contributed by atoms with Gasteiger partial charge in [-0.05, 0) is 54.4 Å². The molecule has 1 N–H and O–H groups in total. The molecule has 2 aromatic carbocycles. The first-order valence-electron chi connectivity index (χ1n) is 11.1. The lowest BCUT2D eigenvalue weighted by atomic mass is 10.0. The number of benzene rings is 2. The van der Waals surface area contributed by atoms with Gasteiger partial charge >= 0.3 is 12.5 Å². The fourth-order valence-electron chi connectivity index (χ4n) is 3.60. The Morgan fingerprint density at radius 1 is 1.14 bits per heavy atom. The van der Waals surface area contributed by atoms with Crippen molar-refractivity contribution < 1.29 is 41.4 Å². The highest BCUT2D eigenvalue weighted by Crippen LogP contribution is 2.34. The number of nitrogens with zero attached hydrogens (tertiary/aromatic N) is 2. The van der Waals surface area contributed by atoms with Gasteiger partial charge in [0.25, 0.3) is 5.91 Å². The predicted octanol–water partition coefficient (Wildman–Crippen LogP) is 5.57. The molecule has 0 saturated heterocycles. The Bertz CT molecular complexity index is 1290. The van der Waals surface area contributed by atoms with Crippen LogP contribution in [0, 0.1) is 0 Å². The van der Waals surface area contributed by atoms with Crippen molar-refractivity contribution >= 4 is 23.4 Å². The molecule has 37 heavy (non-hydrogen) atoms. The van der Waals surface area contributed by atoms with E-state index in [1.54, 1.807) is 37.3 Å². The highest BCUT2D eigenvalue weighted by Gasteiger charge is 2.34. The van der Waals surface area contributed by atoms with E-state index in [0.717, 1.165) is 11.1 Å². The van der Waals surface area contributed by atoms with Crippen LogP contribution in [0.5, 0.6) is 11.5 Å². The average Bonchev–Trinajstić information content (AvgIpc) is 3.41. The van der Waals surface area contributed by atoms with Crippen molar-refractivity contribution in [2.45, 2.75) is 32.4 Å². The quantitative estimate of drug-likeness (QED) is 0.419. The summed E-state index contributed by atoms with van der Waals surface area (Å²) in [5.41, 5.74) is 1.97. The maximum Gasteiger partial charge on any atom is 0.573 e. The number of nitrogens with one attached hydrogen (secondary N) is 1. The first-order chi connectivity index (χ1) is 17.7. The van der Waals surface area contributed by atoms with Crippen molar-refractivity contribution in [3.63, 3.8) is 0 Å². The Kier molecular flexibility index (Phi) is 7.37. The minimum Gasteiger partial charge on any atom is -0.493 e. The number of hydrogen-bond acceptors (Lipinski definition) is 7. The molecular weight excluding hydrogens is 495 g/mol. The summed E-state index contributed by atoms with van der Waals surface area (Å²) in [4.78, 5) is 24.7. The zero-order valence-corrected chi connectivity index (χ0v) is 19.7. The summed E-state index contributed by atoms with van der Waals surface area (Å²) in [5.74, 6) is -0.888. The number of furan rings is 1. The van der Waals surface area contributed by atoms with Crippen LogP contribution in [-0.4, -0.2) is 42.3 Å². The van der Waals surface area contributed by atoms with Crippen molar-refractivity contribution in [2.24, 2.45) is 5.10 Å². The molecule has 0 bridgehead atoms. The van der Waals surface area contributed by atoms with Crippen LogP contribution in [0.2, 0.25) is 0 Å². The Labute approximate surface area is 209 Å². The molecular formula is C25H22F3N3O6. The molecule has 9 nitrogen and oxygen atoms in total. The second-order valence-electron chi connectivity index (χ2n) is 7.87. The van der Waals surface area contributed by atoms with Gasteiger partial charge in [0.2, 0.25) is 0 Å². The van der Waals surface area contributed by atoms with E-state index in [1.807, 2.05) is 0 Å². The normalized spacial score (nSPS) is 15.6. The van der Waals surface area contributed by atoms with Gasteiger partial charge in [-0.1, -0.05) is 19.1 Å². The molecule has 2 heterocycles. The Morgan fingerprint density at radius 3 is 2.51 bits per heavy atom. The van der Waals surface area contributed by atoms with E-state index in [-0.39, 0.29) is 18.1 Å². The molecule has 0 saturated carbocycles. The maximum absolute atomic E-state index is 12.7. The molecule has 4 rings (SSSR count). The second-order valence-corrected chi connectivity index (χ2v) is 7.87. The van der Waals surface area contributed by atoms with Crippen molar-refractivity contribution in [1.29, 1.82) is 0 Å². The van der Waals surface area contributed by atoms with E-state index in [2.05, 4.69) is 15.2 Å². The van der Waals surface area contributed by atoms with Gasteiger partial charge in [-0.15, -0.1) is 13.2 Å². The molecule has 194 valence electrons. The lowest BCUT2D eigenvalue weighted by molar-refractivity contribution is -0.275. The SMILES string of the molecule is CCC1OC(=O)N(Cc2ccc(NC(=O)c3ccco3)cc2)N=C1c1ccc(OC(F)(F)F)c(OC)c1. The Morgan fingerprint density at radius 2 is 1.89 bits per heavy atom. The van der Waals surface area contributed by atoms with Gasteiger partial charge in [0.05, 0.1) is 19.9 Å². The van der Waals surface area contributed by atoms with Crippen molar-refractivity contribution in [2.75, 3.05) is 12.4 Å². The van der Waals surface area contributed by atoms with Gasteiger partial charge < -0.3 is 23.9 Å². The van der Waals surface area contributed by atoms with Crippen LogP contribution in [0.4, 0.5) is 23.7 Å². The summed E-state index contributed by atoms with van der Waals surface area (Å²) in [5, 5.41) is 8.25. The van der Waals surface area contributed by atoms with Crippen LogP contribution in [0.25, 0.3) is 0 Å². The number of halogens is 3. The number of carbonyl (C=O) groups is 2. The average molecular weight is 517 g/mol. The molecule has 0 spiro atoms. The third-order valence-corrected chi connectivity index (χ3v) is 5.33. The number of cyclic esters (lactones) is 1. The lowest BCUT2D eigenvalue weighted by Crippen LogP contribution is -2.41. The summed E-state index contributed by atoms with van der Waals surface area (Å²) in [6.07, 6.45) is -4.47. The molecule has 0 aliphatic carbocycles. The lowest BCUT2D eigenvalue weighted by Gasteiger charge is -2.29. The molecule has 1 atom stereocenters. The zero-order chi connectivity index (χ0) is 26.6. The van der Waals surface area contributed by atoms with E-state index in [1.165, 1.54) is 31.6 Å². The molecule has 12 heteroatoms. The van der Waals surface area contributed by atoms with Crippen LogP contribution in [-0.2, 0) is 11.3 Å². The Hall–Kier alpha value is -4.48. The molecule has 2 amide bonds. The zero-order valence-electron chi connectivity index (χ0n) is 19.7. The van der Waals surface area contributed by atoms with Crippen LogP contribution >= 0.6 is 0 Å². The molecule has 0 radical (unpaired) electrons. The number of methoxy groups -OCH3 is 1. The first-order valence-corrected chi connectivity index (χ1v) is 11.1. The third kappa shape index (κ3) is 6.21. The van der Waals surface area contributed by atoms with E-state index >= 15 is 0 Å². The van der Waals surface area contributed by atoms with Gasteiger partial charge in [-0.2, -0.15) is 10.1 Å². The standard InChI is InChI=1S/C25H22F3N3O6/c1-3-18-22(16-8-11-19(21(13-16)34-2)37-25(26,27)28)30-31(24(33)36-18)14-15-6-9-17(10-7-15)29-23(32)20-5-4-12-35-20/h4-13,18H,3,14H2,1-2H3,(H,29,32).